The molecule has 238 valence electrons. The molecule has 1 aromatic rings. The second-order valence-electron chi connectivity index (χ2n) is 12.1. The molecule has 1 saturated carbocycles. The van der Waals surface area contributed by atoms with Gasteiger partial charge in [-0.15, -0.1) is 0 Å². The maximum atomic E-state index is 14.9. The Bertz CT molecular complexity index is 1570. The largest absolute Gasteiger partial charge is 0.508 e. The number of phenols is 1. The molecule has 0 spiro atoms. The van der Waals surface area contributed by atoms with Crippen molar-refractivity contribution in [3.8, 4) is 5.75 Å². The number of primary amides is 1. The van der Waals surface area contributed by atoms with Crippen molar-refractivity contribution in [1.29, 1.82) is 0 Å². The van der Waals surface area contributed by atoms with Gasteiger partial charge in [-0.2, -0.15) is 13.2 Å². The molecule has 1 unspecified atom stereocenters. The summed E-state index contributed by atoms with van der Waals surface area (Å²) in [5.41, 5.74) is -1.73. The number of likely N-dealkylation sites (N-methyl/N-ethyl adjacent to an activating group) is 2. The average molecular weight is 623 g/mol. The number of hydrogen-bond acceptors (Lipinski definition) is 10. The zero-order chi connectivity index (χ0) is 32.8. The fourth-order valence-electron chi connectivity index (χ4n) is 7.44. The maximum Gasteiger partial charge on any atom is 0.417 e. The average Bonchev–Trinajstić information content (AvgIpc) is 2.89. The van der Waals surface area contributed by atoms with Crippen LogP contribution in [0.15, 0.2) is 23.0 Å². The second kappa shape index (κ2) is 10.3. The molecular formula is C29H33F3N4O8. The van der Waals surface area contributed by atoms with Crippen molar-refractivity contribution in [3.05, 3.63) is 45.2 Å². The van der Waals surface area contributed by atoms with Gasteiger partial charge in [0.25, 0.3) is 5.91 Å². The van der Waals surface area contributed by atoms with E-state index in [9.17, 15) is 52.8 Å². The molecule has 44 heavy (non-hydrogen) atoms. The molecule has 5 rings (SSSR count). The molecule has 1 heterocycles. The number of fused-ring (bicyclic) bond motifs is 3. The second-order valence-corrected chi connectivity index (χ2v) is 12.1. The Morgan fingerprint density at radius 2 is 1.77 bits per heavy atom. The van der Waals surface area contributed by atoms with Gasteiger partial charge in [0, 0.05) is 38.0 Å². The maximum absolute atomic E-state index is 14.9. The number of aliphatic hydroxyl groups is 3. The van der Waals surface area contributed by atoms with Gasteiger partial charge in [-0.25, -0.2) is 0 Å². The Labute approximate surface area is 249 Å². The summed E-state index contributed by atoms with van der Waals surface area (Å²) in [7, 11) is 4.44. The van der Waals surface area contributed by atoms with Gasteiger partial charge in [0.05, 0.1) is 23.2 Å². The van der Waals surface area contributed by atoms with Crippen LogP contribution in [0, 0.1) is 11.8 Å². The van der Waals surface area contributed by atoms with E-state index in [0.29, 0.717) is 6.54 Å². The van der Waals surface area contributed by atoms with Crippen LogP contribution in [0.25, 0.3) is 5.76 Å². The summed E-state index contributed by atoms with van der Waals surface area (Å²) in [6, 6.07) is -1.48. The Balaban J connectivity index is 1.74. The minimum Gasteiger partial charge on any atom is -0.508 e. The van der Waals surface area contributed by atoms with Gasteiger partial charge < -0.3 is 31.1 Å². The van der Waals surface area contributed by atoms with E-state index in [0.717, 1.165) is 6.07 Å². The van der Waals surface area contributed by atoms with Crippen LogP contribution in [0.5, 0.6) is 5.75 Å². The number of amides is 2. The molecule has 0 bridgehead atoms. The third-order valence-electron chi connectivity index (χ3n) is 9.49. The van der Waals surface area contributed by atoms with E-state index in [-0.39, 0.29) is 31.0 Å². The van der Waals surface area contributed by atoms with Crippen molar-refractivity contribution in [2.24, 2.45) is 17.6 Å². The summed E-state index contributed by atoms with van der Waals surface area (Å²) >= 11 is 0. The highest BCUT2D eigenvalue weighted by Gasteiger charge is 2.64. The summed E-state index contributed by atoms with van der Waals surface area (Å²) in [5.74, 6) is -9.69. The fourth-order valence-corrected chi connectivity index (χ4v) is 7.44. The minimum absolute atomic E-state index is 0.0856. The Hall–Kier alpha value is -3.95. The van der Waals surface area contributed by atoms with E-state index in [1.54, 1.807) is 11.9 Å². The molecular weight excluding hydrogens is 589 g/mol. The number of phenolic OH excluding ortho intramolecular Hbond substituents is 1. The SMILES string of the molecule is CC(=O)N1CCN(C)C(c2cc(O)c3c(c2C(F)(F)F)C[C@H]2C[C@H]4[C@H](N(C)C)C(=O)C(C(N)=O)=C(O)[C@@]4(O)C(=O)C2=C3O)C1. The fraction of sp³-hybridized carbons (Fsp3) is 0.517. The summed E-state index contributed by atoms with van der Waals surface area (Å²) in [6.45, 7) is 1.78. The lowest BCUT2D eigenvalue weighted by Crippen LogP contribution is -2.65. The lowest BCUT2D eigenvalue weighted by molar-refractivity contribution is -0.153. The number of ketones is 2. The number of aliphatic hydroxyl groups excluding tert-OH is 2. The number of benzene rings is 1. The number of hydrogen-bond donors (Lipinski definition) is 5. The first kappa shape index (κ1) is 31.5. The summed E-state index contributed by atoms with van der Waals surface area (Å²) in [6.07, 6.45) is -5.86. The van der Waals surface area contributed by atoms with Crippen LogP contribution in [0.4, 0.5) is 13.2 Å². The first-order valence-corrected chi connectivity index (χ1v) is 13.9. The van der Waals surface area contributed by atoms with Gasteiger partial charge in [-0.3, -0.25) is 29.0 Å². The van der Waals surface area contributed by atoms with Crippen molar-refractivity contribution in [2.45, 2.75) is 43.6 Å². The molecule has 2 amide bonds. The van der Waals surface area contributed by atoms with Crippen LogP contribution in [0.1, 0.15) is 41.6 Å². The molecule has 15 heteroatoms. The van der Waals surface area contributed by atoms with Crippen LogP contribution >= 0.6 is 0 Å². The number of alkyl halides is 3. The molecule has 3 aliphatic carbocycles. The molecule has 5 atom stereocenters. The lowest BCUT2D eigenvalue weighted by atomic mass is 9.57. The quantitative estimate of drug-likeness (QED) is 0.302. The number of Topliss-reactive ketones (excluding diaryl/α,β-unsaturated/α-hetero) is 2. The number of carbonyl (C=O) groups is 4. The Morgan fingerprint density at radius 3 is 2.32 bits per heavy atom. The van der Waals surface area contributed by atoms with Crippen molar-refractivity contribution in [1.82, 2.24) is 14.7 Å². The van der Waals surface area contributed by atoms with E-state index in [1.165, 1.54) is 30.8 Å². The molecule has 12 nitrogen and oxygen atoms in total. The van der Waals surface area contributed by atoms with E-state index in [4.69, 9.17) is 5.73 Å². The zero-order valence-corrected chi connectivity index (χ0v) is 24.4. The zero-order valence-electron chi connectivity index (χ0n) is 24.4. The van der Waals surface area contributed by atoms with Gasteiger partial charge in [-0.05, 0) is 57.1 Å². The molecule has 4 aliphatic rings. The number of halogens is 3. The van der Waals surface area contributed by atoms with Crippen molar-refractivity contribution in [2.75, 3.05) is 40.8 Å². The van der Waals surface area contributed by atoms with Crippen LogP contribution in [-0.4, -0.2) is 111 Å². The van der Waals surface area contributed by atoms with Gasteiger partial charge in [0.1, 0.15) is 22.8 Å². The van der Waals surface area contributed by atoms with E-state index in [2.05, 4.69) is 0 Å². The highest BCUT2D eigenvalue weighted by Crippen LogP contribution is 2.55. The molecule has 2 fully saturated rings. The number of carbonyl (C=O) groups excluding carboxylic acids is 4. The topological polar surface area (TPSA) is 185 Å². The molecule has 1 aliphatic heterocycles. The first-order valence-electron chi connectivity index (χ1n) is 13.9. The van der Waals surface area contributed by atoms with Crippen LogP contribution in [-0.2, 0) is 31.8 Å². The summed E-state index contributed by atoms with van der Waals surface area (Å²) in [4.78, 5) is 55.7. The molecule has 1 saturated heterocycles. The monoisotopic (exact) mass is 622 g/mol. The highest BCUT2D eigenvalue weighted by atomic mass is 19.4. The number of nitrogens with zero attached hydrogens (tertiary/aromatic N) is 3. The summed E-state index contributed by atoms with van der Waals surface area (Å²) < 4.78 is 44.8. The number of nitrogens with two attached hydrogens (primary N) is 1. The van der Waals surface area contributed by atoms with Crippen molar-refractivity contribution in [3.63, 3.8) is 0 Å². The van der Waals surface area contributed by atoms with Gasteiger partial charge in [-0.1, -0.05) is 0 Å². The number of rotatable bonds is 3. The number of piperazine rings is 1. The third-order valence-corrected chi connectivity index (χ3v) is 9.49. The van der Waals surface area contributed by atoms with Crippen LogP contribution in [0.2, 0.25) is 0 Å². The van der Waals surface area contributed by atoms with Crippen LogP contribution in [0.3, 0.4) is 0 Å². The van der Waals surface area contributed by atoms with E-state index >= 15 is 0 Å². The smallest absolute Gasteiger partial charge is 0.417 e. The van der Waals surface area contributed by atoms with E-state index in [1.807, 2.05) is 0 Å². The van der Waals surface area contributed by atoms with Crippen molar-refractivity contribution >= 4 is 29.1 Å². The van der Waals surface area contributed by atoms with Gasteiger partial charge in [0.2, 0.25) is 11.7 Å². The normalized spacial score (nSPS) is 29.5. The molecule has 1 aromatic carbocycles. The van der Waals surface area contributed by atoms with Gasteiger partial charge >= 0.3 is 6.18 Å². The molecule has 0 aromatic heterocycles. The molecule has 6 N–H and O–H groups in total. The van der Waals surface area contributed by atoms with Crippen LogP contribution < -0.4 is 5.73 Å². The molecule has 0 radical (unpaired) electrons. The lowest BCUT2D eigenvalue weighted by Gasteiger charge is -2.50. The standard InChI is InChI=1S/C29H33F3N4O8/c1-11(37)36-6-5-35(4)16(10-36)13-9-17(38)19-14(21(13)29(30,31)32)7-12-8-15-22(34(2)3)24(40)20(27(33)43)26(42)28(15,44)25(41)18(12)23(19)39/h9,12,15-16,22,38-39,42,44H,5-8,10H2,1-4H3,(H2,33,43)/t12-,15-,16?,22-,28-/m0/s1. The van der Waals surface area contributed by atoms with E-state index < -0.39 is 105 Å². The minimum atomic E-state index is -4.99. The number of aromatic hydroxyl groups is 1. The highest BCUT2D eigenvalue weighted by molar-refractivity contribution is 6.24. The first-order chi connectivity index (χ1) is 20.3. The Kier molecular flexibility index (Phi) is 7.38. The van der Waals surface area contributed by atoms with Crippen molar-refractivity contribution < 1.29 is 52.8 Å². The predicted octanol–water partition coefficient (Wildman–Crippen LogP) is 0.818. The predicted molar refractivity (Wildman–Crippen MR) is 147 cm³/mol. The summed E-state index contributed by atoms with van der Waals surface area (Å²) in [5, 5.41) is 45.0. The van der Waals surface area contributed by atoms with Gasteiger partial charge in [0.15, 0.2) is 11.4 Å². The third kappa shape index (κ3) is 4.39. The Morgan fingerprint density at radius 1 is 1.14 bits per heavy atom.